The second-order valence-electron chi connectivity index (χ2n) is 7.52. The van der Waals surface area contributed by atoms with Crippen LogP contribution in [0.15, 0.2) is 0 Å². The fourth-order valence-electron chi connectivity index (χ4n) is 2.20. The molecule has 2 unspecified atom stereocenters. The van der Waals surface area contributed by atoms with E-state index in [1.165, 1.54) is 6.42 Å². The van der Waals surface area contributed by atoms with Gasteiger partial charge in [-0.1, -0.05) is 41.5 Å². The van der Waals surface area contributed by atoms with E-state index in [-0.39, 0.29) is 0 Å². The van der Waals surface area contributed by atoms with Crippen LogP contribution in [0.25, 0.3) is 0 Å². The molecule has 0 spiro atoms. The van der Waals surface area contributed by atoms with E-state index in [4.69, 9.17) is 0 Å². The molecule has 2 nitrogen and oxygen atoms in total. The van der Waals surface area contributed by atoms with Gasteiger partial charge in [-0.2, -0.15) is 0 Å². The summed E-state index contributed by atoms with van der Waals surface area (Å²) in [6, 6.07) is 1.19. The van der Waals surface area contributed by atoms with Crippen LogP contribution in [-0.2, 0) is 0 Å². The molecule has 0 bridgehead atoms. The molecule has 0 aromatic carbocycles. The molecule has 2 heteroatoms. The zero-order chi connectivity index (χ0) is 13.9. The predicted molar refractivity (Wildman–Crippen MR) is 78.5 cm³/mol. The first-order valence-corrected chi connectivity index (χ1v) is 6.87. The van der Waals surface area contributed by atoms with E-state index in [0.29, 0.717) is 22.9 Å². The van der Waals surface area contributed by atoms with Crippen LogP contribution in [0.1, 0.15) is 54.9 Å². The quantitative estimate of drug-likeness (QED) is 0.795. The first-order chi connectivity index (χ1) is 7.50. The highest BCUT2D eigenvalue weighted by atomic mass is 15.1. The van der Waals surface area contributed by atoms with E-state index in [2.05, 4.69) is 72.8 Å². The molecule has 0 fully saturated rings. The number of hydrogen-bond acceptors (Lipinski definition) is 2. The minimum absolute atomic E-state index is 0.334. The van der Waals surface area contributed by atoms with E-state index >= 15 is 0 Å². The van der Waals surface area contributed by atoms with Gasteiger partial charge in [0.1, 0.15) is 0 Å². The highest BCUT2D eigenvalue weighted by molar-refractivity contribution is 4.82. The average Bonchev–Trinajstić information content (AvgIpc) is 2.13. The van der Waals surface area contributed by atoms with Crippen molar-refractivity contribution in [3.63, 3.8) is 0 Å². The van der Waals surface area contributed by atoms with Crippen LogP contribution in [0.3, 0.4) is 0 Å². The van der Waals surface area contributed by atoms with Gasteiger partial charge in [0.25, 0.3) is 0 Å². The van der Waals surface area contributed by atoms with Crippen molar-refractivity contribution in [1.29, 1.82) is 0 Å². The minimum Gasteiger partial charge on any atom is -0.316 e. The van der Waals surface area contributed by atoms with Crippen molar-refractivity contribution in [1.82, 2.24) is 10.2 Å². The van der Waals surface area contributed by atoms with Crippen LogP contribution in [0.4, 0.5) is 0 Å². The Morgan fingerprint density at radius 3 is 1.76 bits per heavy atom. The van der Waals surface area contributed by atoms with E-state index in [1.807, 2.05) is 0 Å². The standard InChI is InChI=1S/C15H34N2/c1-12(14(2,3)4)17(9)11-10-13(16-8)15(5,6)7/h12-13,16H,10-11H2,1-9H3. The summed E-state index contributed by atoms with van der Waals surface area (Å²) in [5.74, 6) is 0. The highest BCUT2D eigenvalue weighted by Crippen LogP contribution is 2.25. The minimum atomic E-state index is 0.334. The van der Waals surface area contributed by atoms with Gasteiger partial charge in [-0.15, -0.1) is 0 Å². The van der Waals surface area contributed by atoms with Crippen LogP contribution in [0, 0.1) is 10.8 Å². The third kappa shape index (κ3) is 5.87. The Bertz CT molecular complexity index is 210. The number of nitrogens with zero attached hydrogens (tertiary/aromatic N) is 1. The number of hydrogen-bond donors (Lipinski definition) is 1. The highest BCUT2D eigenvalue weighted by Gasteiger charge is 2.26. The Hall–Kier alpha value is -0.0800. The molecule has 0 aromatic heterocycles. The van der Waals surface area contributed by atoms with Crippen molar-refractivity contribution in [2.24, 2.45) is 10.8 Å². The fourth-order valence-corrected chi connectivity index (χ4v) is 2.20. The molecule has 0 saturated heterocycles. The largest absolute Gasteiger partial charge is 0.316 e. The van der Waals surface area contributed by atoms with Crippen LogP contribution < -0.4 is 5.32 Å². The molecule has 17 heavy (non-hydrogen) atoms. The third-order valence-corrected chi connectivity index (χ3v) is 4.08. The molecule has 0 aliphatic rings. The maximum Gasteiger partial charge on any atom is 0.0125 e. The third-order valence-electron chi connectivity index (χ3n) is 4.08. The van der Waals surface area contributed by atoms with E-state index in [1.54, 1.807) is 0 Å². The molecule has 0 aromatic rings. The summed E-state index contributed by atoms with van der Waals surface area (Å²) >= 11 is 0. The lowest BCUT2D eigenvalue weighted by Gasteiger charge is -2.37. The second kappa shape index (κ2) is 6.19. The van der Waals surface area contributed by atoms with Gasteiger partial charge in [0, 0.05) is 12.1 Å². The molecule has 104 valence electrons. The summed E-state index contributed by atoms with van der Waals surface area (Å²) < 4.78 is 0. The predicted octanol–water partition coefficient (Wildman–Crippen LogP) is 3.38. The molecule has 0 heterocycles. The molecular weight excluding hydrogens is 208 g/mol. The van der Waals surface area contributed by atoms with Gasteiger partial charge in [-0.3, -0.25) is 0 Å². The summed E-state index contributed by atoms with van der Waals surface area (Å²) in [5, 5.41) is 3.45. The normalized spacial score (nSPS) is 17.3. The van der Waals surface area contributed by atoms with Crippen molar-refractivity contribution < 1.29 is 0 Å². The molecule has 0 rings (SSSR count). The van der Waals surface area contributed by atoms with Crippen molar-refractivity contribution in [3.8, 4) is 0 Å². The average molecular weight is 242 g/mol. The lowest BCUT2D eigenvalue weighted by atomic mass is 9.84. The molecular formula is C15H34N2. The Labute approximate surface area is 109 Å². The fraction of sp³-hybridized carbons (Fsp3) is 1.00. The van der Waals surface area contributed by atoms with Crippen LogP contribution in [0.2, 0.25) is 0 Å². The van der Waals surface area contributed by atoms with Gasteiger partial charge in [0.05, 0.1) is 0 Å². The molecule has 0 radical (unpaired) electrons. The first kappa shape index (κ1) is 16.9. The van der Waals surface area contributed by atoms with Crippen LogP contribution in [-0.4, -0.2) is 37.6 Å². The van der Waals surface area contributed by atoms with Crippen molar-refractivity contribution in [3.05, 3.63) is 0 Å². The smallest absolute Gasteiger partial charge is 0.0125 e. The first-order valence-electron chi connectivity index (χ1n) is 6.87. The summed E-state index contributed by atoms with van der Waals surface area (Å²) in [7, 11) is 4.31. The Morgan fingerprint density at radius 2 is 1.47 bits per heavy atom. The van der Waals surface area contributed by atoms with Gasteiger partial charge in [0.15, 0.2) is 0 Å². The van der Waals surface area contributed by atoms with Gasteiger partial charge in [-0.25, -0.2) is 0 Å². The topological polar surface area (TPSA) is 15.3 Å². The molecule has 2 atom stereocenters. The molecule has 0 aliphatic carbocycles. The molecule has 0 saturated carbocycles. The summed E-state index contributed by atoms with van der Waals surface area (Å²) in [6.45, 7) is 17.3. The lowest BCUT2D eigenvalue weighted by molar-refractivity contribution is 0.127. The summed E-state index contributed by atoms with van der Waals surface area (Å²) in [5.41, 5.74) is 0.687. The Kier molecular flexibility index (Phi) is 6.16. The SMILES string of the molecule is CNC(CCN(C)C(C)C(C)(C)C)C(C)(C)C. The van der Waals surface area contributed by atoms with E-state index in [9.17, 15) is 0 Å². The summed E-state index contributed by atoms with van der Waals surface area (Å²) in [6.07, 6.45) is 1.21. The maximum absolute atomic E-state index is 3.45. The summed E-state index contributed by atoms with van der Waals surface area (Å²) in [4.78, 5) is 2.48. The maximum atomic E-state index is 3.45. The molecule has 0 amide bonds. The van der Waals surface area contributed by atoms with Crippen LogP contribution >= 0.6 is 0 Å². The van der Waals surface area contributed by atoms with Crippen LogP contribution in [0.5, 0.6) is 0 Å². The number of rotatable bonds is 5. The lowest BCUT2D eigenvalue weighted by Crippen LogP contribution is -2.44. The second-order valence-corrected chi connectivity index (χ2v) is 7.52. The number of nitrogens with one attached hydrogen (secondary N) is 1. The monoisotopic (exact) mass is 242 g/mol. The Morgan fingerprint density at radius 1 is 1.00 bits per heavy atom. The zero-order valence-corrected chi connectivity index (χ0v) is 13.5. The van der Waals surface area contributed by atoms with Gasteiger partial charge in [0.2, 0.25) is 0 Å². The van der Waals surface area contributed by atoms with E-state index < -0.39 is 0 Å². The van der Waals surface area contributed by atoms with Crippen molar-refractivity contribution in [2.45, 2.75) is 67.0 Å². The zero-order valence-electron chi connectivity index (χ0n) is 13.5. The molecule has 1 N–H and O–H groups in total. The van der Waals surface area contributed by atoms with E-state index in [0.717, 1.165) is 6.54 Å². The van der Waals surface area contributed by atoms with Crippen molar-refractivity contribution >= 4 is 0 Å². The Balaban J connectivity index is 4.28. The molecule has 0 aliphatic heterocycles. The van der Waals surface area contributed by atoms with Crippen molar-refractivity contribution in [2.75, 3.05) is 20.6 Å². The van der Waals surface area contributed by atoms with Gasteiger partial charge in [-0.05, 0) is 44.8 Å². The van der Waals surface area contributed by atoms with Gasteiger partial charge >= 0.3 is 0 Å². The van der Waals surface area contributed by atoms with Gasteiger partial charge < -0.3 is 10.2 Å².